The van der Waals surface area contributed by atoms with Gasteiger partial charge in [-0.1, -0.05) is 18.2 Å². The number of anilines is 2. The third-order valence-electron chi connectivity index (χ3n) is 6.48. The third kappa shape index (κ3) is 5.50. The summed E-state index contributed by atoms with van der Waals surface area (Å²) in [4.78, 5) is 30.4. The molecular formula is C27H26BrFN6O2. The van der Waals surface area contributed by atoms with Crippen molar-refractivity contribution < 1.29 is 14.0 Å². The first-order valence-corrected chi connectivity index (χ1v) is 12.7. The zero-order chi connectivity index (χ0) is 25.9. The lowest BCUT2D eigenvalue weighted by atomic mass is 10.1. The Labute approximate surface area is 222 Å². The highest BCUT2D eigenvalue weighted by Gasteiger charge is 2.19. The van der Waals surface area contributed by atoms with Crippen molar-refractivity contribution in [1.29, 1.82) is 0 Å². The molecule has 1 saturated heterocycles. The molecule has 0 aliphatic carbocycles. The van der Waals surface area contributed by atoms with Crippen molar-refractivity contribution in [2.45, 2.75) is 6.54 Å². The fraction of sp³-hybridized carbons (Fsp3) is 0.222. The Hall–Kier alpha value is -3.76. The van der Waals surface area contributed by atoms with Crippen LogP contribution in [0.15, 0.2) is 71.5 Å². The SMILES string of the molecule is CN1CCN(c2ccccc2CNC(=O)c2ccc(F)c(NC(=O)c3cnn4cc(Br)ccc34)c2)CC1. The van der Waals surface area contributed by atoms with E-state index in [0.29, 0.717) is 17.6 Å². The van der Waals surface area contributed by atoms with Gasteiger partial charge in [-0.05, 0) is 64.9 Å². The summed E-state index contributed by atoms with van der Waals surface area (Å²) in [7, 11) is 2.11. The molecule has 0 unspecified atom stereocenters. The Morgan fingerprint density at radius 2 is 1.81 bits per heavy atom. The van der Waals surface area contributed by atoms with Crippen molar-refractivity contribution in [2.75, 3.05) is 43.4 Å². The van der Waals surface area contributed by atoms with Gasteiger partial charge in [0.05, 0.1) is 23.0 Å². The van der Waals surface area contributed by atoms with E-state index >= 15 is 0 Å². The van der Waals surface area contributed by atoms with Crippen LogP contribution in [0.1, 0.15) is 26.3 Å². The second-order valence-corrected chi connectivity index (χ2v) is 9.90. The Kier molecular flexibility index (Phi) is 7.20. The van der Waals surface area contributed by atoms with Crippen LogP contribution in [0.3, 0.4) is 0 Å². The Morgan fingerprint density at radius 1 is 1.03 bits per heavy atom. The number of fused-ring (bicyclic) bond motifs is 1. The van der Waals surface area contributed by atoms with Crippen molar-refractivity contribution in [1.82, 2.24) is 19.8 Å². The van der Waals surface area contributed by atoms with Crippen LogP contribution in [0.2, 0.25) is 0 Å². The molecule has 4 aromatic rings. The van der Waals surface area contributed by atoms with Gasteiger partial charge in [-0.3, -0.25) is 9.59 Å². The number of nitrogens with zero attached hydrogens (tertiary/aromatic N) is 4. The number of piperazine rings is 1. The number of pyridine rings is 1. The monoisotopic (exact) mass is 564 g/mol. The summed E-state index contributed by atoms with van der Waals surface area (Å²) in [6, 6.07) is 15.5. The number of carbonyl (C=O) groups is 2. The molecule has 8 nitrogen and oxygen atoms in total. The fourth-order valence-electron chi connectivity index (χ4n) is 4.38. The van der Waals surface area contributed by atoms with Crippen molar-refractivity contribution in [2.24, 2.45) is 0 Å². The van der Waals surface area contributed by atoms with Crippen LogP contribution in [0.5, 0.6) is 0 Å². The number of hydrogen-bond donors (Lipinski definition) is 2. The lowest BCUT2D eigenvalue weighted by Gasteiger charge is -2.35. The fourth-order valence-corrected chi connectivity index (χ4v) is 4.71. The molecule has 10 heteroatoms. The first-order valence-electron chi connectivity index (χ1n) is 11.9. The average Bonchev–Trinajstić information content (AvgIpc) is 3.32. The van der Waals surface area contributed by atoms with E-state index in [2.05, 4.69) is 54.6 Å². The number of hydrogen-bond acceptors (Lipinski definition) is 5. The Balaban J connectivity index is 1.28. The first-order chi connectivity index (χ1) is 17.9. The summed E-state index contributed by atoms with van der Waals surface area (Å²) < 4.78 is 16.9. The summed E-state index contributed by atoms with van der Waals surface area (Å²) in [6.45, 7) is 4.15. The molecule has 37 heavy (non-hydrogen) atoms. The summed E-state index contributed by atoms with van der Waals surface area (Å²) in [5, 5.41) is 9.68. The molecule has 2 N–H and O–H groups in total. The van der Waals surface area contributed by atoms with Gasteiger partial charge in [0.1, 0.15) is 5.82 Å². The lowest BCUT2D eigenvalue weighted by molar-refractivity contribution is 0.0949. The van der Waals surface area contributed by atoms with E-state index in [1.807, 2.05) is 18.2 Å². The number of halogens is 2. The molecule has 0 spiro atoms. The summed E-state index contributed by atoms with van der Waals surface area (Å²) in [6.07, 6.45) is 3.14. The molecule has 2 amide bonds. The zero-order valence-electron chi connectivity index (χ0n) is 20.2. The average molecular weight is 565 g/mol. The minimum absolute atomic E-state index is 0.0769. The highest BCUT2D eigenvalue weighted by molar-refractivity contribution is 9.10. The van der Waals surface area contributed by atoms with Crippen molar-refractivity contribution in [3.8, 4) is 0 Å². The standard InChI is InChI=1S/C27H26BrFN6O2/c1-33-10-12-34(13-11-33)24-5-3-2-4-19(24)15-30-26(36)18-6-8-22(29)23(14-18)32-27(37)21-16-31-35-17-20(28)7-9-25(21)35/h2-9,14,16-17H,10-13,15H2,1H3,(H,30,36)(H,32,37). The Bertz CT molecular complexity index is 1460. The summed E-state index contributed by atoms with van der Waals surface area (Å²) in [5.41, 5.74) is 3.15. The van der Waals surface area contributed by atoms with Crippen LogP contribution in [-0.2, 0) is 6.54 Å². The van der Waals surface area contributed by atoms with E-state index in [1.165, 1.54) is 24.4 Å². The lowest BCUT2D eigenvalue weighted by Crippen LogP contribution is -2.45. The maximum absolute atomic E-state index is 14.6. The van der Waals surface area contributed by atoms with Crippen LogP contribution >= 0.6 is 15.9 Å². The number of carbonyl (C=O) groups excluding carboxylic acids is 2. The van der Waals surface area contributed by atoms with Crippen LogP contribution in [0.25, 0.3) is 5.52 Å². The van der Waals surface area contributed by atoms with Gasteiger partial charge >= 0.3 is 0 Å². The molecule has 0 bridgehead atoms. The van der Waals surface area contributed by atoms with Gasteiger partial charge in [0.15, 0.2) is 0 Å². The quantitative estimate of drug-likeness (QED) is 0.367. The van der Waals surface area contributed by atoms with E-state index in [0.717, 1.165) is 41.9 Å². The predicted molar refractivity (Wildman–Crippen MR) is 145 cm³/mol. The van der Waals surface area contributed by atoms with Crippen LogP contribution < -0.4 is 15.5 Å². The number of rotatable bonds is 6. The maximum atomic E-state index is 14.6. The highest BCUT2D eigenvalue weighted by Crippen LogP contribution is 2.23. The molecule has 190 valence electrons. The predicted octanol–water partition coefficient (Wildman–Crippen LogP) is 4.17. The van der Waals surface area contributed by atoms with Gasteiger partial charge in [0.25, 0.3) is 11.8 Å². The summed E-state index contributed by atoms with van der Waals surface area (Å²) in [5.74, 6) is -1.51. The normalized spacial score (nSPS) is 14.1. The molecule has 0 saturated carbocycles. The maximum Gasteiger partial charge on any atom is 0.259 e. The molecule has 0 atom stereocenters. The molecular weight excluding hydrogens is 539 g/mol. The van der Waals surface area contributed by atoms with E-state index in [9.17, 15) is 14.0 Å². The molecule has 1 aliphatic rings. The van der Waals surface area contributed by atoms with Gasteiger partial charge in [-0.15, -0.1) is 0 Å². The van der Waals surface area contributed by atoms with Crippen molar-refractivity contribution in [3.63, 3.8) is 0 Å². The van der Waals surface area contributed by atoms with Gasteiger partial charge in [0, 0.05) is 54.6 Å². The molecule has 2 aromatic carbocycles. The Morgan fingerprint density at radius 3 is 2.62 bits per heavy atom. The van der Waals surface area contributed by atoms with Crippen molar-refractivity contribution in [3.05, 3.63) is 94.0 Å². The molecule has 2 aromatic heterocycles. The topological polar surface area (TPSA) is 82.0 Å². The number of amides is 2. The summed E-state index contributed by atoms with van der Waals surface area (Å²) >= 11 is 3.36. The molecule has 5 rings (SSSR count). The smallest absolute Gasteiger partial charge is 0.259 e. The van der Waals surface area contributed by atoms with Crippen LogP contribution in [0.4, 0.5) is 15.8 Å². The van der Waals surface area contributed by atoms with Gasteiger partial charge in [-0.2, -0.15) is 5.10 Å². The van der Waals surface area contributed by atoms with E-state index in [4.69, 9.17) is 0 Å². The number of aromatic nitrogens is 2. The van der Waals surface area contributed by atoms with Crippen LogP contribution in [0, 0.1) is 5.82 Å². The van der Waals surface area contributed by atoms with Crippen molar-refractivity contribution >= 4 is 44.6 Å². The van der Waals surface area contributed by atoms with Crippen LogP contribution in [-0.4, -0.2) is 59.6 Å². The second kappa shape index (κ2) is 10.7. The second-order valence-electron chi connectivity index (χ2n) is 8.99. The number of nitrogens with one attached hydrogen (secondary N) is 2. The first kappa shape index (κ1) is 24.9. The van der Waals surface area contributed by atoms with E-state index in [1.54, 1.807) is 22.8 Å². The zero-order valence-corrected chi connectivity index (χ0v) is 21.8. The molecule has 3 heterocycles. The van der Waals surface area contributed by atoms with E-state index < -0.39 is 11.7 Å². The third-order valence-corrected chi connectivity index (χ3v) is 6.95. The highest BCUT2D eigenvalue weighted by atomic mass is 79.9. The minimum atomic E-state index is -0.635. The largest absolute Gasteiger partial charge is 0.369 e. The van der Waals surface area contributed by atoms with Gasteiger partial charge in [-0.25, -0.2) is 8.91 Å². The molecule has 1 fully saturated rings. The van der Waals surface area contributed by atoms with E-state index in [-0.39, 0.29) is 17.2 Å². The molecule has 1 aliphatic heterocycles. The number of likely N-dealkylation sites (N-methyl/N-ethyl adjacent to an activating group) is 1. The number of benzene rings is 2. The number of para-hydroxylation sites is 1. The molecule has 0 radical (unpaired) electrons. The van der Waals surface area contributed by atoms with Gasteiger partial charge in [0.2, 0.25) is 0 Å². The minimum Gasteiger partial charge on any atom is -0.369 e. The van der Waals surface area contributed by atoms with Gasteiger partial charge < -0.3 is 20.4 Å².